The Bertz CT molecular complexity index is 1230. The van der Waals surface area contributed by atoms with Gasteiger partial charge in [0.1, 0.15) is 0 Å². The lowest BCUT2D eigenvalue weighted by molar-refractivity contribution is -0.275. The number of benzene rings is 3. The molecule has 1 heterocycles. The molecule has 1 aliphatic heterocycles. The van der Waals surface area contributed by atoms with Gasteiger partial charge in [-0.3, -0.25) is 4.79 Å². The van der Waals surface area contributed by atoms with Gasteiger partial charge in [0.05, 0.1) is 18.8 Å². The van der Waals surface area contributed by atoms with E-state index in [9.17, 15) is 9.90 Å². The standard InChI is InChI=1S/C32H38N2O4/c1-5-16-34(4)20-30-22(2)31(26-14-12-24(21-35)13-15-26)38-32(37-30)29-11-7-10-28(18-29)27-9-6-8-25(17-27)19-33-23(3)36/h5-15,17-18,22,30-32,35H,1,16,19-21H2,2-4H3,(H,33,36)/t22-,30+,31+,32+/m0/s1. The van der Waals surface area contributed by atoms with E-state index in [0.717, 1.165) is 46.5 Å². The molecule has 0 saturated carbocycles. The van der Waals surface area contributed by atoms with Gasteiger partial charge in [0.25, 0.3) is 0 Å². The van der Waals surface area contributed by atoms with Crippen molar-refractivity contribution in [3.8, 4) is 11.1 Å². The van der Waals surface area contributed by atoms with E-state index in [1.165, 1.54) is 6.92 Å². The van der Waals surface area contributed by atoms with Gasteiger partial charge in [-0.05, 0) is 47.0 Å². The maximum Gasteiger partial charge on any atom is 0.217 e. The Morgan fingerprint density at radius 3 is 2.39 bits per heavy atom. The monoisotopic (exact) mass is 514 g/mol. The molecule has 0 aliphatic carbocycles. The molecule has 3 aromatic rings. The molecule has 0 spiro atoms. The van der Waals surface area contributed by atoms with Crippen molar-refractivity contribution in [3.63, 3.8) is 0 Å². The van der Waals surface area contributed by atoms with Crippen molar-refractivity contribution in [2.75, 3.05) is 20.1 Å². The zero-order valence-corrected chi connectivity index (χ0v) is 22.5. The van der Waals surface area contributed by atoms with Crippen molar-refractivity contribution in [2.45, 2.75) is 45.5 Å². The van der Waals surface area contributed by atoms with E-state index < -0.39 is 6.29 Å². The predicted octanol–water partition coefficient (Wildman–Crippen LogP) is 5.39. The molecular weight excluding hydrogens is 476 g/mol. The normalized spacial score (nSPS) is 21.3. The lowest BCUT2D eigenvalue weighted by Crippen LogP contribution is -2.43. The topological polar surface area (TPSA) is 71.0 Å². The third kappa shape index (κ3) is 6.97. The van der Waals surface area contributed by atoms with Crippen LogP contribution in [-0.4, -0.2) is 42.2 Å². The summed E-state index contributed by atoms with van der Waals surface area (Å²) < 4.78 is 13.2. The predicted molar refractivity (Wildman–Crippen MR) is 150 cm³/mol. The van der Waals surface area contributed by atoms with E-state index in [2.05, 4.69) is 55.0 Å². The highest BCUT2D eigenvalue weighted by Gasteiger charge is 2.38. The van der Waals surface area contributed by atoms with Crippen molar-refractivity contribution in [3.05, 3.63) is 108 Å². The first kappa shape index (κ1) is 27.7. The van der Waals surface area contributed by atoms with Gasteiger partial charge in [-0.25, -0.2) is 0 Å². The molecule has 0 bridgehead atoms. The Morgan fingerprint density at radius 2 is 1.71 bits per heavy atom. The number of nitrogens with zero attached hydrogens (tertiary/aromatic N) is 1. The number of rotatable bonds is 10. The van der Waals surface area contributed by atoms with Gasteiger partial charge >= 0.3 is 0 Å². The van der Waals surface area contributed by atoms with Crippen LogP contribution in [0, 0.1) is 5.92 Å². The molecule has 1 fully saturated rings. The largest absolute Gasteiger partial charge is 0.392 e. The fourth-order valence-corrected chi connectivity index (χ4v) is 4.88. The lowest BCUT2D eigenvalue weighted by atomic mass is 9.90. The molecular formula is C32H38N2O4. The van der Waals surface area contributed by atoms with Crippen molar-refractivity contribution < 1.29 is 19.4 Å². The fraction of sp³-hybridized carbons (Fsp3) is 0.344. The third-order valence-corrected chi connectivity index (χ3v) is 7.02. The quantitative estimate of drug-likeness (QED) is 0.355. The van der Waals surface area contributed by atoms with Crippen LogP contribution in [0.2, 0.25) is 0 Å². The maximum atomic E-state index is 11.3. The van der Waals surface area contributed by atoms with E-state index in [4.69, 9.17) is 9.47 Å². The second-order valence-electron chi connectivity index (χ2n) is 10.1. The first-order valence-corrected chi connectivity index (χ1v) is 13.1. The average Bonchev–Trinajstić information content (AvgIpc) is 2.93. The number of hydrogen-bond donors (Lipinski definition) is 2. The van der Waals surface area contributed by atoms with Gasteiger partial charge in [0.15, 0.2) is 6.29 Å². The highest BCUT2D eigenvalue weighted by Crippen LogP contribution is 2.42. The van der Waals surface area contributed by atoms with Gasteiger partial charge in [-0.2, -0.15) is 0 Å². The molecule has 0 aromatic heterocycles. The van der Waals surface area contributed by atoms with Crippen LogP contribution in [0.1, 0.15) is 48.5 Å². The average molecular weight is 515 g/mol. The van der Waals surface area contributed by atoms with E-state index in [-0.39, 0.29) is 30.6 Å². The SMILES string of the molecule is C=CCN(C)C[C@H]1O[C@@H](c2cccc(-c3cccc(CNC(C)=O)c3)c2)O[C@@H](c2ccc(CO)cc2)[C@H]1C. The summed E-state index contributed by atoms with van der Waals surface area (Å²) in [6.07, 6.45) is 1.16. The van der Waals surface area contributed by atoms with Crippen LogP contribution in [-0.2, 0) is 27.4 Å². The minimum Gasteiger partial charge on any atom is -0.392 e. The van der Waals surface area contributed by atoms with Crippen LogP contribution < -0.4 is 5.32 Å². The highest BCUT2D eigenvalue weighted by molar-refractivity contribution is 5.73. The van der Waals surface area contributed by atoms with Crippen LogP contribution in [0.25, 0.3) is 11.1 Å². The van der Waals surface area contributed by atoms with E-state index >= 15 is 0 Å². The molecule has 4 atom stereocenters. The Labute approximate surface area is 225 Å². The van der Waals surface area contributed by atoms with E-state index in [0.29, 0.717) is 6.54 Å². The molecule has 0 radical (unpaired) electrons. The van der Waals surface area contributed by atoms with Gasteiger partial charge in [0.2, 0.25) is 5.91 Å². The highest BCUT2D eigenvalue weighted by atomic mass is 16.7. The zero-order chi connectivity index (χ0) is 27.1. The van der Waals surface area contributed by atoms with Crippen LogP contribution in [0.15, 0.2) is 85.5 Å². The smallest absolute Gasteiger partial charge is 0.217 e. The second-order valence-corrected chi connectivity index (χ2v) is 10.1. The van der Waals surface area contributed by atoms with Crippen LogP contribution in [0.3, 0.4) is 0 Å². The number of ether oxygens (including phenoxy) is 2. The van der Waals surface area contributed by atoms with Gasteiger partial charge in [-0.1, -0.05) is 73.7 Å². The summed E-state index contributed by atoms with van der Waals surface area (Å²) in [4.78, 5) is 13.6. The first-order valence-electron chi connectivity index (χ1n) is 13.1. The van der Waals surface area contributed by atoms with Crippen LogP contribution in [0.4, 0.5) is 0 Å². The Balaban J connectivity index is 1.62. The fourth-order valence-electron chi connectivity index (χ4n) is 4.88. The summed E-state index contributed by atoms with van der Waals surface area (Å²) in [5.74, 6) is 0.0687. The Hall–Kier alpha value is -3.29. The third-order valence-electron chi connectivity index (χ3n) is 7.02. The molecule has 0 unspecified atom stereocenters. The Morgan fingerprint density at radius 1 is 1.00 bits per heavy atom. The number of amides is 1. The molecule has 6 heteroatoms. The van der Waals surface area contributed by atoms with Gasteiger partial charge in [-0.15, -0.1) is 6.58 Å². The number of carbonyl (C=O) groups excluding carboxylic acids is 1. The number of aliphatic hydroxyl groups excluding tert-OH is 1. The number of hydrogen-bond acceptors (Lipinski definition) is 5. The van der Waals surface area contributed by atoms with Gasteiger partial charge in [0, 0.05) is 38.0 Å². The molecule has 1 amide bonds. The minimum absolute atomic E-state index is 0.0148. The summed E-state index contributed by atoms with van der Waals surface area (Å²) in [5.41, 5.74) is 6.06. The molecule has 38 heavy (non-hydrogen) atoms. The summed E-state index contributed by atoms with van der Waals surface area (Å²) in [7, 11) is 2.07. The lowest BCUT2D eigenvalue weighted by Gasteiger charge is -2.42. The molecule has 3 aromatic carbocycles. The summed E-state index contributed by atoms with van der Waals surface area (Å²) in [6.45, 7) is 9.60. The molecule has 6 nitrogen and oxygen atoms in total. The van der Waals surface area contributed by atoms with Crippen molar-refractivity contribution in [2.24, 2.45) is 5.92 Å². The Kier molecular flexibility index (Phi) is 9.48. The van der Waals surface area contributed by atoms with E-state index in [1.807, 2.05) is 54.6 Å². The summed E-state index contributed by atoms with van der Waals surface area (Å²) in [5, 5.41) is 12.3. The minimum atomic E-state index is -0.529. The van der Waals surface area contributed by atoms with Gasteiger partial charge < -0.3 is 24.8 Å². The summed E-state index contributed by atoms with van der Waals surface area (Å²) >= 11 is 0. The number of nitrogens with one attached hydrogen (secondary N) is 1. The van der Waals surface area contributed by atoms with Crippen LogP contribution >= 0.6 is 0 Å². The van der Waals surface area contributed by atoms with Crippen molar-refractivity contribution >= 4 is 5.91 Å². The van der Waals surface area contributed by atoms with Crippen molar-refractivity contribution in [1.29, 1.82) is 0 Å². The number of likely N-dealkylation sites (N-methyl/N-ethyl adjacent to an activating group) is 1. The van der Waals surface area contributed by atoms with E-state index in [1.54, 1.807) is 0 Å². The summed E-state index contributed by atoms with van der Waals surface area (Å²) in [6, 6.07) is 24.4. The van der Waals surface area contributed by atoms with Crippen LogP contribution in [0.5, 0.6) is 0 Å². The molecule has 1 aliphatic rings. The molecule has 200 valence electrons. The molecule has 4 rings (SSSR count). The van der Waals surface area contributed by atoms with Crippen molar-refractivity contribution in [1.82, 2.24) is 10.2 Å². The molecule has 2 N–H and O–H groups in total. The number of carbonyl (C=O) groups is 1. The first-order chi connectivity index (χ1) is 18.4. The zero-order valence-electron chi connectivity index (χ0n) is 22.5. The molecule has 1 saturated heterocycles. The number of aliphatic hydroxyl groups is 1. The maximum absolute atomic E-state index is 11.3. The second kappa shape index (κ2) is 13.0.